The summed E-state index contributed by atoms with van der Waals surface area (Å²) >= 11 is 0. The van der Waals surface area contributed by atoms with Crippen LogP contribution >= 0.6 is 0 Å². The summed E-state index contributed by atoms with van der Waals surface area (Å²) in [5.74, 6) is -0.462. The van der Waals surface area contributed by atoms with Crippen molar-refractivity contribution in [3.8, 4) is 5.75 Å². The zero-order valence-electron chi connectivity index (χ0n) is 10.2. The molecule has 100 valence electrons. The lowest BCUT2D eigenvalue weighted by atomic mass is 10.3. The normalized spacial score (nSPS) is 10.2. The number of nitrogens with one attached hydrogen (secondary N) is 1. The van der Waals surface area contributed by atoms with Gasteiger partial charge in [-0.25, -0.2) is 4.39 Å². The summed E-state index contributed by atoms with van der Waals surface area (Å²) in [6, 6.07) is 3.92. The molecule has 0 bridgehead atoms. The van der Waals surface area contributed by atoms with Crippen LogP contribution in [0.1, 0.15) is 6.92 Å². The minimum atomic E-state index is -0.421. The zero-order chi connectivity index (χ0) is 13.4. The average molecular weight is 256 g/mol. The lowest BCUT2D eigenvalue weighted by molar-refractivity contribution is -0.120. The van der Waals surface area contributed by atoms with Crippen molar-refractivity contribution in [3.05, 3.63) is 24.0 Å². The van der Waals surface area contributed by atoms with E-state index < -0.39 is 5.82 Å². The van der Waals surface area contributed by atoms with Gasteiger partial charge < -0.3 is 20.5 Å². The van der Waals surface area contributed by atoms with Gasteiger partial charge in [-0.3, -0.25) is 4.79 Å². The van der Waals surface area contributed by atoms with Crippen LogP contribution in [0.3, 0.4) is 0 Å². The third kappa shape index (κ3) is 4.68. The number of carbonyl (C=O) groups excluding carboxylic acids is 1. The first-order chi connectivity index (χ1) is 8.67. The Morgan fingerprint density at radius 2 is 2.28 bits per heavy atom. The Balaban J connectivity index is 2.62. The van der Waals surface area contributed by atoms with Gasteiger partial charge in [0.05, 0.1) is 18.9 Å². The number of ether oxygens (including phenoxy) is 2. The van der Waals surface area contributed by atoms with Gasteiger partial charge in [-0.2, -0.15) is 0 Å². The number of carbonyl (C=O) groups is 1. The minimum absolute atomic E-state index is 0.0971. The molecule has 1 aromatic carbocycles. The monoisotopic (exact) mass is 256 g/mol. The lowest BCUT2D eigenvalue weighted by Gasteiger charge is -2.11. The van der Waals surface area contributed by atoms with Gasteiger partial charge in [-0.15, -0.1) is 0 Å². The number of halogens is 1. The predicted molar refractivity (Wildman–Crippen MR) is 66.1 cm³/mol. The standard InChI is InChI=1S/C12H17FN2O3/c1-2-18-11-7-9(13)3-4-10(11)15-12(16)8-17-6-5-14/h3-4,7H,2,5-6,8,14H2,1H3,(H,15,16). The summed E-state index contributed by atoms with van der Waals surface area (Å²) in [5.41, 5.74) is 5.65. The first kappa shape index (κ1) is 14.4. The van der Waals surface area contributed by atoms with Crippen LogP contribution in [-0.4, -0.2) is 32.3 Å². The van der Waals surface area contributed by atoms with Crippen molar-refractivity contribution in [1.82, 2.24) is 0 Å². The Bertz CT molecular complexity index is 399. The van der Waals surface area contributed by atoms with Crippen molar-refractivity contribution in [2.24, 2.45) is 5.73 Å². The minimum Gasteiger partial charge on any atom is -0.492 e. The second kappa shape index (κ2) is 7.62. The van der Waals surface area contributed by atoms with Crippen LogP contribution in [0.15, 0.2) is 18.2 Å². The van der Waals surface area contributed by atoms with E-state index >= 15 is 0 Å². The Hall–Kier alpha value is -1.66. The van der Waals surface area contributed by atoms with Gasteiger partial charge >= 0.3 is 0 Å². The van der Waals surface area contributed by atoms with Gasteiger partial charge in [0.15, 0.2) is 0 Å². The Morgan fingerprint density at radius 3 is 2.94 bits per heavy atom. The van der Waals surface area contributed by atoms with Crippen LogP contribution < -0.4 is 15.8 Å². The van der Waals surface area contributed by atoms with Crippen molar-refractivity contribution in [3.63, 3.8) is 0 Å². The average Bonchev–Trinajstić information content (AvgIpc) is 2.33. The molecule has 0 saturated carbocycles. The van der Waals surface area contributed by atoms with Crippen LogP contribution in [0.25, 0.3) is 0 Å². The SMILES string of the molecule is CCOc1cc(F)ccc1NC(=O)COCCN. The molecule has 0 aliphatic rings. The van der Waals surface area contributed by atoms with Crippen LogP contribution in [0, 0.1) is 5.82 Å². The van der Waals surface area contributed by atoms with E-state index in [1.165, 1.54) is 18.2 Å². The van der Waals surface area contributed by atoms with E-state index in [9.17, 15) is 9.18 Å². The molecule has 1 rings (SSSR count). The second-order valence-corrected chi connectivity index (χ2v) is 3.46. The first-order valence-electron chi connectivity index (χ1n) is 5.67. The molecule has 0 fully saturated rings. The van der Waals surface area contributed by atoms with E-state index in [-0.39, 0.29) is 12.5 Å². The number of amides is 1. The maximum atomic E-state index is 13.0. The molecule has 0 unspecified atom stereocenters. The summed E-state index contributed by atoms with van der Waals surface area (Å²) in [7, 11) is 0. The molecule has 1 aromatic rings. The van der Waals surface area contributed by atoms with E-state index in [0.29, 0.717) is 31.2 Å². The molecule has 0 heterocycles. The van der Waals surface area contributed by atoms with Crippen LogP contribution in [-0.2, 0) is 9.53 Å². The molecular weight excluding hydrogens is 239 g/mol. The van der Waals surface area contributed by atoms with Gasteiger partial charge in [0.2, 0.25) is 5.91 Å². The highest BCUT2D eigenvalue weighted by molar-refractivity contribution is 5.93. The fourth-order valence-corrected chi connectivity index (χ4v) is 1.31. The zero-order valence-corrected chi connectivity index (χ0v) is 10.2. The fourth-order valence-electron chi connectivity index (χ4n) is 1.31. The smallest absolute Gasteiger partial charge is 0.250 e. The molecule has 0 aromatic heterocycles. The molecule has 6 heteroatoms. The molecule has 0 radical (unpaired) electrons. The van der Waals surface area contributed by atoms with Gasteiger partial charge in [-0.1, -0.05) is 0 Å². The summed E-state index contributed by atoms with van der Waals surface area (Å²) < 4.78 is 23.2. The summed E-state index contributed by atoms with van der Waals surface area (Å²) in [6.07, 6.45) is 0. The Labute approximate surface area is 105 Å². The van der Waals surface area contributed by atoms with E-state index in [1.54, 1.807) is 6.92 Å². The van der Waals surface area contributed by atoms with E-state index in [2.05, 4.69) is 5.32 Å². The van der Waals surface area contributed by atoms with Crippen molar-refractivity contribution in [2.45, 2.75) is 6.92 Å². The molecule has 5 nitrogen and oxygen atoms in total. The van der Waals surface area contributed by atoms with Crippen LogP contribution in [0.2, 0.25) is 0 Å². The third-order valence-electron chi connectivity index (χ3n) is 2.01. The van der Waals surface area contributed by atoms with E-state index in [0.717, 1.165) is 0 Å². The van der Waals surface area contributed by atoms with E-state index in [4.69, 9.17) is 15.2 Å². The molecule has 0 aliphatic heterocycles. The number of anilines is 1. The largest absolute Gasteiger partial charge is 0.492 e. The van der Waals surface area contributed by atoms with Gasteiger partial charge in [-0.05, 0) is 19.1 Å². The highest BCUT2D eigenvalue weighted by Crippen LogP contribution is 2.25. The number of hydrogen-bond acceptors (Lipinski definition) is 4. The molecule has 18 heavy (non-hydrogen) atoms. The van der Waals surface area contributed by atoms with Crippen LogP contribution in [0.4, 0.5) is 10.1 Å². The number of nitrogens with two attached hydrogens (primary N) is 1. The second-order valence-electron chi connectivity index (χ2n) is 3.46. The fraction of sp³-hybridized carbons (Fsp3) is 0.417. The quantitative estimate of drug-likeness (QED) is 0.717. The summed E-state index contributed by atoms with van der Waals surface area (Å²) in [6.45, 7) is 2.74. The highest BCUT2D eigenvalue weighted by atomic mass is 19.1. The topological polar surface area (TPSA) is 73.6 Å². The van der Waals surface area contributed by atoms with Gasteiger partial charge in [0.1, 0.15) is 18.2 Å². The number of benzene rings is 1. The molecule has 3 N–H and O–H groups in total. The maximum Gasteiger partial charge on any atom is 0.250 e. The predicted octanol–water partition coefficient (Wildman–Crippen LogP) is 1.14. The van der Waals surface area contributed by atoms with Crippen LogP contribution in [0.5, 0.6) is 5.75 Å². The lowest BCUT2D eigenvalue weighted by Crippen LogP contribution is -2.21. The van der Waals surface area contributed by atoms with Gasteiger partial charge in [0, 0.05) is 12.6 Å². The van der Waals surface area contributed by atoms with Crippen molar-refractivity contribution in [2.75, 3.05) is 31.7 Å². The molecule has 0 spiro atoms. The van der Waals surface area contributed by atoms with E-state index in [1.807, 2.05) is 0 Å². The van der Waals surface area contributed by atoms with Gasteiger partial charge in [0.25, 0.3) is 0 Å². The molecule has 1 amide bonds. The molecule has 0 saturated heterocycles. The Kier molecular flexibility index (Phi) is 6.10. The summed E-state index contributed by atoms with van der Waals surface area (Å²) in [4.78, 5) is 11.5. The van der Waals surface area contributed by atoms with Crippen molar-refractivity contribution < 1.29 is 18.7 Å². The molecule has 0 atom stereocenters. The van der Waals surface area contributed by atoms with Crippen molar-refractivity contribution in [1.29, 1.82) is 0 Å². The first-order valence-corrected chi connectivity index (χ1v) is 5.67. The maximum absolute atomic E-state index is 13.0. The summed E-state index contributed by atoms with van der Waals surface area (Å²) in [5, 5.41) is 2.59. The van der Waals surface area contributed by atoms with Crippen molar-refractivity contribution >= 4 is 11.6 Å². The molecular formula is C12H17FN2O3. The molecule has 0 aliphatic carbocycles. The number of hydrogen-bond donors (Lipinski definition) is 2. The highest BCUT2D eigenvalue weighted by Gasteiger charge is 2.09. The number of rotatable bonds is 7. The Morgan fingerprint density at radius 1 is 1.50 bits per heavy atom. The third-order valence-corrected chi connectivity index (χ3v) is 2.01.